The van der Waals surface area contributed by atoms with Gasteiger partial charge in [-0.25, -0.2) is 9.78 Å². The third-order valence-electron chi connectivity index (χ3n) is 1.88. The third-order valence-corrected chi connectivity index (χ3v) is 1.88. The molecule has 0 amide bonds. The van der Waals surface area contributed by atoms with Crippen LogP contribution in [0.1, 0.15) is 35.8 Å². The first-order valence-electron chi connectivity index (χ1n) is 4.40. The fraction of sp³-hybridized carbons (Fsp3) is 0.400. The zero-order valence-corrected chi connectivity index (χ0v) is 8.57. The van der Waals surface area contributed by atoms with Crippen molar-refractivity contribution in [3.8, 4) is 0 Å². The number of pyridine rings is 1. The summed E-state index contributed by atoms with van der Waals surface area (Å²) in [5.41, 5.74) is 6.82. The van der Waals surface area contributed by atoms with E-state index >= 15 is 0 Å². The predicted octanol–water partition coefficient (Wildman–Crippen LogP) is 1.57. The summed E-state index contributed by atoms with van der Waals surface area (Å²) in [6, 6.07) is 3.21. The summed E-state index contributed by atoms with van der Waals surface area (Å²) in [7, 11) is 1.34. The smallest absolute Gasteiger partial charge is 0.338 e. The molecule has 0 radical (unpaired) electrons. The van der Waals surface area contributed by atoms with Crippen molar-refractivity contribution < 1.29 is 9.53 Å². The lowest BCUT2D eigenvalue weighted by molar-refractivity contribution is 0.0600. The molecule has 0 atom stereocenters. The molecule has 0 aliphatic carbocycles. The Bertz CT molecular complexity index is 348. The standard InChI is InChI=1S/C10H14N2O2/c1-6(2)8-4-7(10(13)14-3)5-9(11)12-8/h4-6H,1-3H3,(H2,11,12). The maximum Gasteiger partial charge on any atom is 0.338 e. The van der Waals surface area contributed by atoms with Crippen LogP contribution in [0.15, 0.2) is 12.1 Å². The van der Waals surface area contributed by atoms with Crippen molar-refractivity contribution in [1.82, 2.24) is 4.98 Å². The molecule has 1 heterocycles. The predicted molar refractivity (Wildman–Crippen MR) is 54.1 cm³/mol. The number of nitrogens with two attached hydrogens (primary N) is 1. The van der Waals surface area contributed by atoms with Crippen molar-refractivity contribution in [3.05, 3.63) is 23.4 Å². The van der Waals surface area contributed by atoms with Gasteiger partial charge >= 0.3 is 5.97 Å². The van der Waals surface area contributed by atoms with Crippen molar-refractivity contribution in [2.45, 2.75) is 19.8 Å². The molecule has 0 aliphatic rings. The summed E-state index contributed by atoms with van der Waals surface area (Å²) in [5.74, 6) is 0.194. The summed E-state index contributed by atoms with van der Waals surface area (Å²) < 4.78 is 4.60. The van der Waals surface area contributed by atoms with Gasteiger partial charge in [0.1, 0.15) is 5.82 Å². The molecule has 0 fully saturated rings. The van der Waals surface area contributed by atoms with E-state index in [9.17, 15) is 4.79 Å². The Hall–Kier alpha value is -1.58. The van der Waals surface area contributed by atoms with E-state index in [4.69, 9.17) is 5.73 Å². The minimum atomic E-state index is -0.388. The van der Waals surface area contributed by atoms with Gasteiger partial charge in [-0.1, -0.05) is 13.8 Å². The van der Waals surface area contributed by atoms with Crippen LogP contribution in [0, 0.1) is 0 Å². The Morgan fingerprint density at radius 1 is 1.50 bits per heavy atom. The van der Waals surface area contributed by atoms with E-state index in [-0.39, 0.29) is 11.9 Å². The first-order chi connectivity index (χ1) is 6.54. The van der Waals surface area contributed by atoms with Crippen molar-refractivity contribution >= 4 is 11.8 Å². The van der Waals surface area contributed by atoms with Gasteiger partial charge in [-0.15, -0.1) is 0 Å². The van der Waals surface area contributed by atoms with E-state index < -0.39 is 0 Å². The molecule has 0 aromatic carbocycles. The van der Waals surface area contributed by atoms with E-state index in [1.54, 1.807) is 6.07 Å². The third kappa shape index (κ3) is 2.22. The lowest BCUT2D eigenvalue weighted by atomic mass is 10.1. The summed E-state index contributed by atoms with van der Waals surface area (Å²) in [6.07, 6.45) is 0. The molecule has 1 aromatic heterocycles. The van der Waals surface area contributed by atoms with E-state index in [1.165, 1.54) is 13.2 Å². The molecule has 1 aromatic rings. The molecule has 0 unspecified atom stereocenters. The van der Waals surface area contributed by atoms with E-state index in [0.717, 1.165) is 5.69 Å². The van der Waals surface area contributed by atoms with Gasteiger partial charge in [-0.3, -0.25) is 0 Å². The van der Waals surface area contributed by atoms with Crippen LogP contribution in [-0.4, -0.2) is 18.1 Å². The van der Waals surface area contributed by atoms with Crippen molar-refractivity contribution in [1.29, 1.82) is 0 Å². The molecule has 0 spiro atoms. The highest BCUT2D eigenvalue weighted by molar-refractivity contribution is 5.90. The fourth-order valence-corrected chi connectivity index (χ4v) is 1.11. The molecule has 0 aliphatic heterocycles. The fourth-order valence-electron chi connectivity index (χ4n) is 1.11. The molecule has 0 bridgehead atoms. The zero-order chi connectivity index (χ0) is 10.7. The molecule has 0 saturated heterocycles. The molecule has 0 saturated carbocycles. The van der Waals surface area contributed by atoms with Crippen LogP contribution in [0.5, 0.6) is 0 Å². The number of hydrogen-bond acceptors (Lipinski definition) is 4. The van der Waals surface area contributed by atoms with E-state index in [1.807, 2.05) is 13.8 Å². The Labute approximate surface area is 83.1 Å². The van der Waals surface area contributed by atoms with Gasteiger partial charge in [0.25, 0.3) is 0 Å². The largest absolute Gasteiger partial charge is 0.465 e. The van der Waals surface area contributed by atoms with Crippen molar-refractivity contribution in [2.24, 2.45) is 0 Å². The number of methoxy groups -OCH3 is 1. The van der Waals surface area contributed by atoms with Gasteiger partial charge in [0, 0.05) is 5.69 Å². The molecule has 14 heavy (non-hydrogen) atoms. The molecule has 1 rings (SSSR count). The quantitative estimate of drug-likeness (QED) is 0.726. The monoisotopic (exact) mass is 194 g/mol. The summed E-state index contributed by atoms with van der Waals surface area (Å²) in [4.78, 5) is 15.4. The summed E-state index contributed by atoms with van der Waals surface area (Å²) >= 11 is 0. The molecule has 4 heteroatoms. The average molecular weight is 194 g/mol. The first-order valence-corrected chi connectivity index (χ1v) is 4.40. The maximum absolute atomic E-state index is 11.2. The normalized spacial score (nSPS) is 10.3. The van der Waals surface area contributed by atoms with Gasteiger partial charge in [-0.05, 0) is 18.1 Å². The minimum Gasteiger partial charge on any atom is -0.465 e. The van der Waals surface area contributed by atoms with Crippen LogP contribution >= 0.6 is 0 Å². The second-order valence-corrected chi connectivity index (χ2v) is 3.35. The van der Waals surface area contributed by atoms with Gasteiger partial charge in [0.2, 0.25) is 0 Å². The average Bonchev–Trinajstić information content (AvgIpc) is 2.15. The zero-order valence-electron chi connectivity index (χ0n) is 8.57. The van der Waals surface area contributed by atoms with Crippen molar-refractivity contribution in [2.75, 3.05) is 12.8 Å². The highest BCUT2D eigenvalue weighted by Crippen LogP contribution is 2.16. The van der Waals surface area contributed by atoms with Crippen molar-refractivity contribution in [3.63, 3.8) is 0 Å². The van der Waals surface area contributed by atoms with Gasteiger partial charge in [0.15, 0.2) is 0 Å². The number of hydrogen-bond donors (Lipinski definition) is 1. The lowest BCUT2D eigenvalue weighted by Crippen LogP contribution is -2.06. The van der Waals surface area contributed by atoms with Gasteiger partial charge in [-0.2, -0.15) is 0 Å². The summed E-state index contributed by atoms with van der Waals surface area (Å²) in [5, 5.41) is 0. The number of ether oxygens (including phenoxy) is 1. The van der Waals surface area contributed by atoms with Crippen LogP contribution in [0.2, 0.25) is 0 Å². The Morgan fingerprint density at radius 2 is 2.14 bits per heavy atom. The topological polar surface area (TPSA) is 65.2 Å². The maximum atomic E-state index is 11.2. The van der Waals surface area contributed by atoms with Crippen LogP contribution in [0.25, 0.3) is 0 Å². The number of rotatable bonds is 2. The van der Waals surface area contributed by atoms with Crippen LogP contribution in [0.3, 0.4) is 0 Å². The number of aromatic nitrogens is 1. The molecular formula is C10H14N2O2. The number of anilines is 1. The number of nitrogen functional groups attached to an aromatic ring is 1. The van der Waals surface area contributed by atoms with Crippen LogP contribution in [0.4, 0.5) is 5.82 Å². The number of esters is 1. The van der Waals surface area contributed by atoms with E-state index in [0.29, 0.717) is 11.4 Å². The molecule has 4 nitrogen and oxygen atoms in total. The second-order valence-electron chi connectivity index (χ2n) is 3.35. The Morgan fingerprint density at radius 3 is 2.64 bits per heavy atom. The van der Waals surface area contributed by atoms with Crippen LogP contribution in [-0.2, 0) is 4.74 Å². The number of carbonyl (C=O) groups is 1. The number of carbonyl (C=O) groups excluding carboxylic acids is 1. The minimum absolute atomic E-state index is 0.238. The molecule has 2 N–H and O–H groups in total. The Balaban J connectivity index is 3.13. The molecular weight excluding hydrogens is 180 g/mol. The SMILES string of the molecule is COC(=O)c1cc(N)nc(C(C)C)c1. The molecule has 76 valence electrons. The highest BCUT2D eigenvalue weighted by Gasteiger charge is 2.10. The van der Waals surface area contributed by atoms with Gasteiger partial charge in [0.05, 0.1) is 12.7 Å². The van der Waals surface area contributed by atoms with Gasteiger partial charge < -0.3 is 10.5 Å². The van der Waals surface area contributed by atoms with E-state index in [2.05, 4.69) is 9.72 Å². The first kappa shape index (κ1) is 10.5. The van der Waals surface area contributed by atoms with Crippen LogP contribution < -0.4 is 5.73 Å². The lowest BCUT2D eigenvalue weighted by Gasteiger charge is -2.07. The Kier molecular flexibility index (Phi) is 3.06. The summed E-state index contributed by atoms with van der Waals surface area (Å²) in [6.45, 7) is 3.98. The second kappa shape index (κ2) is 4.09. The number of nitrogens with zero attached hydrogens (tertiary/aromatic N) is 1. The highest BCUT2D eigenvalue weighted by atomic mass is 16.5.